The molecule has 0 spiro atoms. The van der Waals surface area contributed by atoms with Crippen LogP contribution in [0.25, 0.3) is 0 Å². The van der Waals surface area contributed by atoms with E-state index in [9.17, 15) is 8.78 Å². The fourth-order valence-corrected chi connectivity index (χ4v) is 1.04. The van der Waals surface area contributed by atoms with Crippen LogP contribution in [0.3, 0.4) is 0 Å². The van der Waals surface area contributed by atoms with Crippen LogP contribution < -0.4 is 0 Å². The molecule has 0 amide bonds. The van der Waals surface area contributed by atoms with E-state index in [1.54, 1.807) is 18.2 Å². The molecule has 0 saturated heterocycles. The first-order valence-electron chi connectivity index (χ1n) is 3.99. The molecule has 1 radical (unpaired) electrons. The zero-order chi connectivity index (χ0) is 9.84. The minimum atomic E-state index is -2.41. The van der Waals surface area contributed by atoms with E-state index in [1.165, 1.54) is 12.1 Å². The van der Waals surface area contributed by atoms with Crippen molar-refractivity contribution in [3.05, 3.63) is 54.0 Å². The van der Waals surface area contributed by atoms with E-state index in [2.05, 4.69) is 6.58 Å². The molecule has 0 aliphatic rings. The van der Waals surface area contributed by atoms with Gasteiger partial charge >= 0.3 is 0 Å². The number of allylic oxidation sites excluding steroid dienone is 1. The van der Waals surface area contributed by atoms with E-state index < -0.39 is 6.43 Å². The highest BCUT2D eigenvalue weighted by atomic mass is 19.3. The van der Waals surface area contributed by atoms with Crippen LogP contribution >= 0.6 is 0 Å². The molecule has 69 valence electrons. The SMILES string of the molecule is C=C[C](C)c1cccc(C(F)F)c1. The summed E-state index contributed by atoms with van der Waals surface area (Å²) >= 11 is 0. The monoisotopic (exact) mass is 181 g/mol. The highest BCUT2D eigenvalue weighted by molar-refractivity contribution is 5.37. The first-order chi connectivity index (χ1) is 6.15. The van der Waals surface area contributed by atoms with Crippen molar-refractivity contribution >= 4 is 0 Å². The third-order valence-electron chi connectivity index (χ3n) is 1.90. The fourth-order valence-electron chi connectivity index (χ4n) is 1.04. The topological polar surface area (TPSA) is 0 Å². The summed E-state index contributed by atoms with van der Waals surface area (Å²) in [5.41, 5.74) is 0.853. The van der Waals surface area contributed by atoms with Crippen LogP contribution in [0.5, 0.6) is 0 Å². The molecular formula is C11H11F2. The first kappa shape index (κ1) is 9.90. The average Bonchev–Trinajstić information content (AvgIpc) is 2.17. The third kappa shape index (κ3) is 2.38. The van der Waals surface area contributed by atoms with E-state index in [1.807, 2.05) is 6.92 Å². The maximum Gasteiger partial charge on any atom is 0.263 e. The maximum absolute atomic E-state index is 12.3. The Balaban J connectivity index is 2.97. The van der Waals surface area contributed by atoms with E-state index in [0.29, 0.717) is 0 Å². The van der Waals surface area contributed by atoms with E-state index in [4.69, 9.17) is 0 Å². The Hall–Kier alpha value is -1.18. The molecule has 1 aromatic rings. The van der Waals surface area contributed by atoms with Crippen LogP contribution in [-0.4, -0.2) is 0 Å². The number of rotatable bonds is 3. The Kier molecular flexibility index (Phi) is 3.18. The standard InChI is InChI=1S/C11H11F2/c1-3-8(2)9-5-4-6-10(7-9)11(12)13/h3-7,11H,1H2,2H3. The van der Waals surface area contributed by atoms with Gasteiger partial charge in [0.25, 0.3) is 6.43 Å². The smallest absolute Gasteiger partial charge is 0.205 e. The van der Waals surface area contributed by atoms with Gasteiger partial charge in [0.2, 0.25) is 0 Å². The summed E-state index contributed by atoms with van der Waals surface area (Å²) in [5.74, 6) is 0.905. The minimum absolute atomic E-state index is 0.0544. The van der Waals surface area contributed by atoms with E-state index >= 15 is 0 Å². The van der Waals surface area contributed by atoms with Crippen molar-refractivity contribution in [1.82, 2.24) is 0 Å². The van der Waals surface area contributed by atoms with Gasteiger partial charge in [-0.1, -0.05) is 31.2 Å². The molecule has 0 fully saturated rings. The zero-order valence-electron chi connectivity index (χ0n) is 7.43. The van der Waals surface area contributed by atoms with Gasteiger partial charge in [-0.15, -0.1) is 6.58 Å². The molecule has 0 saturated carbocycles. The Bertz CT molecular complexity index is 292. The minimum Gasteiger partial charge on any atom is -0.205 e. The van der Waals surface area contributed by atoms with Crippen LogP contribution in [0, 0.1) is 5.92 Å². The van der Waals surface area contributed by atoms with Gasteiger partial charge in [0.05, 0.1) is 0 Å². The summed E-state index contributed by atoms with van der Waals surface area (Å²) in [6, 6.07) is 6.33. The normalized spacial score (nSPS) is 10.8. The zero-order valence-corrected chi connectivity index (χ0v) is 7.43. The summed E-state index contributed by atoms with van der Waals surface area (Å²) in [5, 5.41) is 0. The summed E-state index contributed by atoms with van der Waals surface area (Å²) in [4.78, 5) is 0. The van der Waals surface area contributed by atoms with E-state index in [-0.39, 0.29) is 5.56 Å². The Morgan fingerprint density at radius 1 is 1.46 bits per heavy atom. The van der Waals surface area contributed by atoms with Crippen molar-refractivity contribution in [3.8, 4) is 0 Å². The Morgan fingerprint density at radius 2 is 2.15 bits per heavy atom. The predicted octanol–water partition coefficient (Wildman–Crippen LogP) is 3.75. The maximum atomic E-state index is 12.3. The molecule has 0 aliphatic heterocycles. The highest BCUT2D eigenvalue weighted by Gasteiger charge is 2.08. The van der Waals surface area contributed by atoms with Crippen molar-refractivity contribution in [2.24, 2.45) is 0 Å². The van der Waals surface area contributed by atoms with E-state index in [0.717, 1.165) is 11.5 Å². The lowest BCUT2D eigenvalue weighted by molar-refractivity contribution is 0.151. The summed E-state index contributed by atoms with van der Waals surface area (Å²) in [7, 11) is 0. The van der Waals surface area contributed by atoms with Crippen molar-refractivity contribution in [1.29, 1.82) is 0 Å². The molecule has 0 heterocycles. The molecule has 2 heteroatoms. The first-order valence-corrected chi connectivity index (χ1v) is 3.99. The van der Waals surface area contributed by atoms with Gasteiger partial charge in [-0.25, -0.2) is 8.78 Å². The molecule has 0 aliphatic carbocycles. The molecule has 13 heavy (non-hydrogen) atoms. The van der Waals surface area contributed by atoms with Crippen molar-refractivity contribution < 1.29 is 8.78 Å². The van der Waals surface area contributed by atoms with Crippen LogP contribution in [0.1, 0.15) is 24.5 Å². The Labute approximate surface area is 76.9 Å². The quantitative estimate of drug-likeness (QED) is 0.666. The summed E-state index contributed by atoms with van der Waals surface area (Å²) in [6.07, 6.45) is -0.748. The molecule has 0 bridgehead atoms. The van der Waals surface area contributed by atoms with Crippen molar-refractivity contribution in [2.45, 2.75) is 13.3 Å². The lowest BCUT2D eigenvalue weighted by Crippen LogP contribution is -1.92. The lowest BCUT2D eigenvalue weighted by atomic mass is 9.99. The van der Waals surface area contributed by atoms with Gasteiger partial charge in [-0.3, -0.25) is 0 Å². The van der Waals surface area contributed by atoms with Gasteiger partial charge in [0.1, 0.15) is 0 Å². The number of hydrogen-bond acceptors (Lipinski definition) is 0. The van der Waals surface area contributed by atoms with Gasteiger partial charge in [0.15, 0.2) is 0 Å². The second kappa shape index (κ2) is 4.17. The van der Waals surface area contributed by atoms with Crippen LogP contribution in [0.2, 0.25) is 0 Å². The van der Waals surface area contributed by atoms with Crippen LogP contribution in [0.4, 0.5) is 8.78 Å². The second-order valence-electron chi connectivity index (χ2n) is 2.81. The molecule has 1 rings (SSSR count). The van der Waals surface area contributed by atoms with Crippen molar-refractivity contribution in [2.75, 3.05) is 0 Å². The van der Waals surface area contributed by atoms with Gasteiger partial charge < -0.3 is 0 Å². The van der Waals surface area contributed by atoms with Crippen molar-refractivity contribution in [3.63, 3.8) is 0 Å². The van der Waals surface area contributed by atoms with Crippen LogP contribution in [-0.2, 0) is 0 Å². The number of benzene rings is 1. The molecule has 0 aromatic heterocycles. The largest absolute Gasteiger partial charge is 0.263 e. The van der Waals surface area contributed by atoms with Gasteiger partial charge in [-0.2, -0.15) is 0 Å². The molecule has 0 N–H and O–H groups in total. The predicted molar refractivity (Wildman–Crippen MR) is 49.6 cm³/mol. The molecular weight excluding hydrogens is 170 g/mol. The van der Waals surface area contributed by atoms with Crippen LogP contribution in [0.15, 0.2) is 36.9 Å². The summed E-state index contributed by atoms with van der Waals surface area (Å²) in [6.45, 7) is 5.43. The third-order valence-corrected chi connectivity index (χ3v) is 1.90. The average molecular weight is 181 g/mol. The number of hydrogen-bond donors (Lipinski definition) is 0. The molecule has 0 atom stereocenters. The van der Waals surface area contributed by atoms with Gasteiger partial charge in [0, 0.05) is 11.5 Å². The van der Waals surface area contributed by atoms with Gasteiger partial charge in [-0.05, 0) is 11.6 Å². The molecule has 1 aromatic carbocycles. The Morgan fingerprint density at radius 3 is 2.69 bits per heavy atom. The fraction of sp³-hybridized carbons (Fsp3) is 0.182. The molecule has 0 unspecified atom stereocenters. The lowest BCUT2D eigenvalue weighted by Gasteiger charge is -2.07. The highest BCUT2D eigenvalue weighted by Crippen LogP contribution is 2.23. The summed E-state index contributed by atoms with van der Waals surface area (Å²) < 4.78 is 24.6. The number of alkyl halides is 2. The molecule has 0 nitrogen and oxygen atoms in total. The second-order valence-corrected chi connectivity index (χ2v) is 2.81. The number of halogens is 2.